The lowest BCUT2D eigenvalue weighted by Crippen LogP contribution is -2.22. The first-order chi connectivity index (χ1) is 7.91. The quantitative estimate of drug-likeness (QED) is 0.829. The van der Waals surface area contributed by atoms with E-state index in [4.69, 9.17) is 15.2 Å². The molecule has 0 aliphatic carbocycles. The van der Waals surface area contributed by atoms with Crippen LogP contribution in [0.1, 0.15) is 24.1 Å². The molecule has 0 aromatic heterocycles. The number of fused-ring (bicyclic) bond motifs is 1. The predicted octanol–water partition coefficient (Wildman–Crippen LogP) is 2.50. The molecular weight excluding hydrogens is 235 g/mol. The molecule has 0 saturated heterocycles. The minimum absolute atomic E-state index is 0.0466. The van der Waals surface area contributed by atoms with Crippen molar-refractivity contribution in [2.45, 2.75) is 19.1 Å². The number of nitrogens with two attached hydrogens (primary N) is 1. The van der Waals surface area contributed by atoms with Gasteiger partial charge in [0.25, 0.3) is 0 Å². The van der Waals surface area contributed by atoms with Crippen LogP contribution >= 0.6 is 0 Å². The second-order valence-electron chi connectivity index (χ2n) is 3.84. The summed E-state index contributed by atoms with van der Waals surface area (Å²) in [6, 6.07) is 1.47. The van der Waals surface area contributed by atoms with Crippen LogP contribution in [0.15, 0.2) is 12.1 Å². The normalized spacial score (nSPS) is 16.8. The van der Waals surface area contributed by atoms with Crippen molar-refractivity contribution in [3.8, 4) is 11.5 Å². The van der Waals surface area contributed by atoms with E-state index in [2.05, 4.69) is 0 Å². The maximum absolute atomic E-state index is 12.8. The molecule has 1 aliphatic rings. The summed E-state index contributed by atoms with van der Waals surface area (Å²) >= 11 is 0. The van der Waals surface area contributed by atoms with Crippen LogP contribution in [0.5, 0.6) is 11.5 Å². The zero-order valence-electron chi connectivity index (χ0n) is 9.17. The fraction of sp³-hybridized carbons (Fsp3) is 0.455. The molecule has 1 heterocycles. The fourth-order valence-electron chi connectivity index (χ4n) is 1.84. The van der Waals surface area contributed by atoms with Crippen LogP contribution in [-0.4, -0.2) is 13.2 Å². The van der Waals surface area contributed by atoms with Crippen LogP contribution in [-0.2, 0) is 6.18 Å². The van der Waals surface area contributed by atoms with Crippen molar-refractivity contribution in [2.24, 2.45) is 5.73 Å². The van der Waals surface area contributed by atoms with Crippen molar-refractivity contribution in [2.75, 3.05) is 13.2 Å². The van der Waals surface area contributed by atoms with Crippen LogP contribution in [0.2, 0.25) is 0 Å². The summed E-state index contributed by atoms with van der Waals surface area (Å²) < 4.78 is 49.0. The van der Waals surface area contributed by atoms with Gasteiger partial charge in [0.15, 0.2) is 11.5 Å². The van der Waals surface area contributed by atoms with E-state index in [1.165, 1.54) is 13.0 Å². The average Bonchev–Trinajstić information content (AvgIpc) is 2.26. The third-order valence-electron chi connectivity index (χ3n) is 2.51. The topological polar surface area (TPSA) is 44.5 Å². The standard InChI is InChI=1S/C11H12F3NO2/c1-6(15)9-7(11(12,13)14)2-3-8-10(9)17-5-4-16-8/h2-3,6H,4-5,15H2,1H3. The highest BCUT2D eigenvalue weighted by molar-refractivity contribution is 5.53. The molecule has 17 heavy (non-hydrogen) atoms. The van der Waals surface area contributed by atoms with E-state index < -0.39 is 17.8 Å². The lowest BCUT2D eigenvalue weighted by atomic mass is 9.99. The summed E-state index contributed by atoms with van der Waals surface area (Å²) in [5.74, 6) is 0.428. The molecule has 1 aliphatic heterocycles. The molecule has 1 unspecified atom stereocenters. The Balaban J connectivity index is 2.62. The van der Waals surface area contributed by atoms with Crippen molar-refractivity contribution >= 4 is 0 Å². The van der Waals surface area contributed by atoms with Gasteiger partial charge in [0.05, 0.1) is 5.56 Å². The number of benzene rings is 1. The molecule has 2 rings (SSSR count). The Bertz CT molecular complexity index is 429. The maximum Gasteiger partial charge on any atom is 0.416 e. The van der Waals surface area contributed by atoms with Gasteiger partial charge in [0, 0.05) is 11.6 Å². The summed E-state index contributed by atoms with van der Waals surface area (Å²) in [5, 5.41) is 0. The second kappa shape index (κ2) is 4.10. The number of rotatable bonds is 1. The molecule has 0 spiro atoms. The molecule has 1 aromatic rings. The summed E-state index contributed by atoms with van der Waals surface area (Å²) in [6.07, 6.45) is -4.45. The highest BCUT2D eigenvalue weighted by Crippen LogP contribution is 2.44. The molecule has 94 valence electrons. The number of alkyl halides is 3. The lowest BCUT2D eigenvalue weighted by molar-refractivity contribution is -0.138. The molecule has 0 saturated carbocycles. The van der Waals surface area contributed by atoms with Gasteiger partial charge in [-0.25, -0.2) is 0 Å². The van der Waals surface area contributed by atoms with Crippen molar-refractivity contribution in [1.29, 1.82) is 0 Å². The Morgan fingerprint density at radius 1 is 1.24 bits per heavy atom. The van der Waals surface area contributed by atoms with Gasteiger partial charge in [-0.3, -0.25) is 0 Å². The molecule has 0 amide bonds. The van der Waals surface area contributed by atoms with Crippen LogP contribution < -0.4 is 15.2 Å². The van der Waals surface area contributed by atoms with Gasteiger partial charge >= 0.3 is 6.18 Å². The number of hydrogen-bond donors (Lipinski definition) is 1. The van der Waals surface area contributed by atoms with E-state index >= 15 is 0 Å². The smallest absolute Gasteiger partial charge is 0.416 e. The Morgan fingerprint density at radius 3 is 2.47 bits per heavy atom. The van der Waals surface area contributed by atoms with Gasteiger partial charge in [-0.2, -0.15) is 13.2 Å². The number of hydrogen-bond acceptors (Lipinski definition) is 3. The third-order valence-corrected chi connectivity index (χ3v) is 2.51. The van der Waals surface area contributed by atoms with E-state index in [9.17, 15) is 13.2 Å². The summed E-state index contributed by atoms with van der Waals surface area (Å²) in [5.41, 5.74) is 4.79. The van der Waals surface area contributed by atoms with Gasteiger partial charge in [0.1, 0.15) is 13.2 Å². The van der Waals surface area contributed by atoms with Gasteiger partial charge in [0.2, 0.25) is 0 Å². The summed E-state index contributed by atoms with van der Waals surface area (Å²) in [6.45, 7) is 2.05. The zero-order chi connectivity index (χ0) is 12.6. The van der Waals surface area contributed by atoms with E-state index in [0.29, 0.717) is 12.4 Å². The van der Waals surface area contributed by atoms with Crippen molar-refractivity contribution in [3.05, 3.63) is 23.3 Å². The number of ether oxygens (including phenoxy) is 2. The third kappa shape index (κ3) is 2.17. The van der Waals surface area contributed by atoms with Crippen LogP contribution in [0, 0.1) is 0 Å². The monoisotopic (exact) mass is 247 g/mol. The van der Waals surface area contributed by atoms with Gasteiger partial charge < -0.3 is 15.2 Å². The van der Waals surface area contributed by atoms with Gasteiger partial charge in [-0.1, -0.05) is 0 Å². The highest BCUT2D eigenvalue weighted by Gasteiger charge is 2.37. The van der Waals surface area contributed by atoms with Crippen molar-refractivity contribution < 1.29 is 22.6 Å². The molecular formula is C11H12F3NO2. The van der Waals surface area contributed by atoms with Gasteiger partial charge in [-0.05, 0) is 19.1 Å². The molecule has 1 atom stereocenters. The molecule has 1 aromatic carbocycles. The Morgan fingerprint density at radius 2 is 1.88 bits per heavy atom. The lowest BCUT2D eigenvalue weighted by Gasteiger charge is -2.25. The van der Waals surface area contributed by atoms with E-state index in [1.54, 1.807) is 0 Å². The first-order valence-corrected chi connectivity index (χ1v) is 5.16. The van der Waals surface area contributed by atoms with Crippen LogP contribution in [0.25, 0.3) is 0 Å². The van der Waals surface area contributed by atoms with E-state index in [-0.39, 0.29) is 17.9 Å². The minimum Gasteiger partial charge on any atom is -0.486 e. The molecule has 0 fully saturated rings. The summed E-state index contributed by atoms with van der Waals surface area (Å²) in [7, 11) is 0. The van der Waals surface area contributed by atoms with Gasteiger partial charge in [-0.15, -0.1) is 0 Å². The fourth-order valence-corrected chi connectivity index (χ4v) is 1.84. The summed E-state index contributed by atoms with van der Waals surface area (Å²) in [4.78, 5) is 0. The number of halogens is 3. The Labute approximate surface area is 96.3 Å². The molecule has 0 bridgehead atoms. The zero-order valence-corrected chi connectivity index (χ0v) is 9.17. The average molecular weight is 247 g/mol. The Hall–Kier alpha value is -1.43. The first-order valence-electron chi connectivity index (χ1n) is 5.16. The Kier molecular flexibility index (Phi) is 2.91. The molecule has 2 N–H and O–H groups in total. The molecule has 3 nitrogen and oxygen atoms in total. The van der Waals surface area contributed by atoms with E-state index in [1.807, 2.05) is 0 Å². The van der Waals surface area contributed by atoms with Crippen LogP contribution in [0.3, 0.4) is 0 Å². The van der Waals surface area contributed by atoms with Crippen LogP contribution in [0.4, 0.5) is 13.2 Å². The largest absolute Gasteiger partial charge is 0.486 e. The maximum atomic E-state index is 12.8. The van der Waals surface area contributed by atoms with E-state index in [0.717, 1.165) is 6.07 Å². The molecule has 6 heteroatoms. The highest BCUT2D eigenvalue weighted by atomic mass is 19.4. The molecule has 0 radical (unpaired) electrons. The predicted molar refractivity (Wildman–Crippen MR) is 55.0 cm³/mol. The SMILES string of the molecule is CC(N)c1c(C(F)(F)F)ccc2c1OCCO2. The van der Waals surface area contributed by atoms with Crippen molar-refractivity contribution in [1.82, 2.24) is 0 Å². The second-order valence-corrected chi connectivity index (χ2v) is 3.84. The van der Waals surface area contributed by atoms with Crippen molar-refractivity contribution in [3.63, 3.8) is 0 Å². The first kappa shape index (κ1) is 12.0. The minimum atomic E-state index is -4.45.